The molecule has 1 saturated carbocycles. The van der Waals surface area contributed by atoms with Gasteiger partial charge in [-0.1, -0.05) is 0 Å². The minimum Gasteiger partial charge on any atom is -0.493 e. The quantitative estimate of drug-likeness (QED) is 0.559. The van der Waals surface area contributed by atoms with Crippen molar-refractivity contribution in [3.63, 3.8) is 0 Å². The highest BCUT2D eigenvalue weighted by molar-refractivity contribution is 5.58. The Morgan fingerprint density at radius 3 is 2.63 bits per heavy atom. The molecule has 1 aliphatic rings. The predicted octanol–water partition coefficient (Wildman–Crippen LogP) is 3.29. The number of methoxy groups -OCH3 is 1. The number of ether oxygens (including phenoxy) is 1. The van der Waals surface area contributed by atoms with E-state index < -0.39 is 0 Å². The van der Waals surface area contributed by atoms with Crippen molar-refractivity contribution in [1.29, 1.82) is 0 Å². The summed E-state index contributed by atoms with van der Waals surface area (Å²) in [7, 11) is 1.69. The summed E-state index contributed by atoms with van der Waals surface area (Å²) in [4.78, 5) is 14.1. The number of fused-ring (bicyclic) bond motifs is 2. The maximum absolute atomic E-state index is 5.54. The van der Waals surface area contributed by atoms with E-state index >= 15 is 0 Å². The van der Waals surface area contributed by atoms with E-state index in [0.29, 0.717) is 11.8 Å². The summed E-state index contributed by atoms with van der Waals surface area (Å²) in [5, 5.41) is 4.75. The molecule has 0 aliphatic heterocycles. The molecule has 27 heavy (non-hydrogen) atoms. The molecule has 4 aromatic heterocycles. The van der Waals surface area contributed by atoms with E-state index in [9.17, 15) is 0 Å². The van der Waals surface area contributed by atoms with E-state index in [1.54, 1.807) is 7.11 Å². The molecule has 5 rings (SSSR count). The van der Waals surface area contributed by atoms with E-state index in [2.05, 4.69) is 29.4 Å². The number of rotatable bonds is 3. The van der Waals surface area contributed by atoms with Crippen molar-refractivity contribution in [3.05, 3.63) is 52.6 Å². The third-order valence-electron chi connectivity index (χ3n) is 5.52. The molecule has 1 aliphatic carbocycles. The predicted molar refractivity (Wildman–Crippen MR) is 102 cm³/mol. The number of aryl methyl sites for hydroxylation is 4. The normalized spacial score (nSPS) is 19.1. The van der Waals surface area contributed by atoms with Crippen LogP contribution in [0, 0.1) is 27.7 Å². The van der Waals surface area contributed by atoms with Crippen molar-refractivity contribution >= 4 is 11.3 Å². The lowest BCUT2D eigenvalue weighted by Crippen LogP contribution is -1.97. The first kappa shape index (κ1) is 16.2. The third-order valence-corrected chi connectivity index (χ3v) is 5.52. The van der Waals surface area contributed by atoms with Gasteiger partial charge in [-0.05, 0) is 45.7 Å². The first-order valence-corrected chi connectivity index (χ1v) is 9.20. The molecule has 2 atom stereocenters. The second-order valence-electron chi connectivity index (χ2n) is 7.50. The van der Waals surface area contributed by atoms with Gasteiger partial charge in [0.1, 0.15) is 0 Å². The van der Waals surface area contributed by atoms with Crippen LogP contribution in [0.1, 0.15) is 52.4 Å². The van der Waals surface area contributed by atoms with Crippen LogP contribution in [0.25, 0.3) is 11.3 Å². The van der Waals surface area contributed by atoms with Crippen LogP contribution in [0.15, 0.2) is 18.5 Å². The first-order valence-electron chi connectivity index (χ1n) is 9.20. The Labute approximate surface area is 157 Å². The Morgan fingerprint density at radius 2 is 1.89 bits per heavy atom. The zero-order valence-electron chi connectivity index (χ0n) is 16.2. The largest absolute Gasteiger partial charge is 0.493 e. The van der Waals surface area contributed by atoms with Gasteiger partial charge in [-0.15, -0.1) is 0 Å². The molecule has 0 aromatic carbocycles. The zero-order valence-corrected chi connectivity index (χ0v) is 16.2. The highest BCUT2D eigenvalue weighted by atomic mass is 16.5. The summed E-state index contributed by atoms with van der Waals surface area (Å²) >= 11 is 0. The fraction of sp³-hybridized carbons (Fsp3) is 0.400. The van der Waals surface area contributed by atoms with Gasteiger partial charge in [0.25, 0.3) is 0 Å². The molecule has 7 heteroatoms. The molecular weight excluding hydrogens is 340 g/mol. The average Bonchev–Trinajstić information content (AvgIpc) is 3.18. The molecule has 0 amide bonds. The summed E-state index contributed by atoms with van der Waals surface area (Å²) in [6.45, 7) is 8.17. The standard InChI is InChI=1S/C20H22N6O/c1-10-6-16(27-5)20-22-17(13(4)25(20)9-10)14-7-15(14)18-23-19-12(3)21-8-11(2)26(19)24-18/h6,8-9,14-15H,7H2,1-5H3. The van der Waals surface area contributed by atoms with Crippen LogP contribution in [0.4, 0.5) is 0 Å². The molecule has 4 heterocycles. The maximum Gasteiger partial charge on any atom is 0.180 e. The Hall–Kier alpha value is -2.96. The first-order chi connectivity index (χ1) is 13.0. The number of hydrogen-bond acceptors (Lipinski definition) is 5. The van der Waals surface area contributed by atoms with E-state index in [-0.39, 0.29) is 0 Å². The topological polar surface area (TPSA) is 69.6 Å². The smallest absolute Gasteiger partial charge is 0.180 e. The summed E-state index contributed by atoms with van der Waals surface area (Å²) in [6.07, 6.45) is 4.98. The van der Waals surface area contributed by atoms with Crippen LogP contribution in [0.3, 0.4) is 0 Å². The van der Waals surface area contributed by atoms with Crippen LogP contribution in [-0.2, 0) is 0 Å². The monoisotopic (exact) mass is 362 g/mol. The van der Waals surface area contributed by atoms with Crippen molar-refractivity contribution in [2.45, 2.75) is 46.0 Å². The van der Waals surface area contributed by atoms with Crippen LogP contribution >= 0.6 is 0 Å². The number of pyridine rings is 1. The van der Waals surface area contributed by atoms with Gasteiger partial charge in [-0.3, -0.25) is 4.98 Å². The molecule has 138 valence electrons. The molecule has 0 bridgehead atoms. The van der Waals surface area contributed by atoms with Crippen molar-refractivity contribution in [1.82, 2.24) is 29.0 Å². The van der Waals surface area contributed by atoms with Gasteiger partial charge < -0.3 is 9.14 Å². The van der Waals surface area contributed by atoms with Gasteiger partial charge in [0, 0.05) is 29.9 Å². The Bertz CT molecular complexity index is 1170. The SMILES string of the molecule is COc1cc(C)cn2c(C)c(C3CC3c3nc4c(C)ncc(C)n4n3)nc12. The molecule has 0 spiro atoms. The number of hydrogen-bond donors (Lipinski definition) is 0. The molecule has 0 saturated heterocycles. The van der Waals surface area contributed by atoms with E-state index in [4.69, 9.17) is 19.8 Å². The minimum absolute atomic E-state index is 0.305. The van der Waals surface area contributed by atoms with Crippen LogP contribution in [-0.4, -0.2) is 36.1 Å². The summed E-state index contributed by atoms with van der Waals surface area (Å²) < 4.78 is 9.57. The molecule has 0 N–H and O–H groups in total. The molecule has 4 aromatic rings. The highest BCUT2D eigenvalue weighted by Crippen LogP contribution is 2.54. The highest BCUT2D eigenvalue weighted by Gasteiger charge is 2.45. The Kier molecular flexibility index (Phi) is 3.32. The second-order valence-corrected chi connectivity index (χ2v) is 7.50. The van der Waals surface area contributed by atoms with E-state index in [0.717, 1.165) is 57.6 Å². The third kappa shape index (κ3) is 2.34. The molecule has 0 radical (unpaired) electrons. The minimum atomic E-state index is 0.305. The number of nitrogens with zero attached hydrogens (tertiary/aromatic N) is 6. The Morgan fingerprint density at radius 1 is 1.07 bits per heavy atom. The van der Waals surface area contributed by atoms with Crippen LogP contribution < -0.4 is 4.74 Å². The fourth-order valence-corrected chi connectivity index (χ4v) is 3.93. The lowest BCUT2D eigenvalue weighted by Gasteiger charge is -2.04. The molecule has 2 unspecified atom stereocenters. The Balaban J connectivity index is 1.56. The van der Waals surface area contributed by atoms with Gasteiger partial charge in [0.05, 0.1) is 24.2 Å². The van der Waals surface area contributed by atoms with Crippen LogP contribution in [0.5, 0.6) is 5.75 Å². The maximum atomic E-state index is 5.54. The van der Waals surface area contributed by atoms with Gasteiger partial charge in [0.15, 0.2) is 22.9 Å². The van der Waals surface area contributed by atoms with Crippen molar-refractivity contribution in [2.24, 2.45) is 0 Å². The van der Waals surface area contributed by atoms with Crippen molar-refractivity contribution in [2.75, 3.05) is 7.11 Å². The number of imidazole rings is 1. The number of aromatic nitrogens is 6. The van der Waals surface area contributed by atoms with Gasteiger partial charge >= 0.3 is 0 Å². The summed E-state index contributed by atoms with van der Waals surface area (Å²) in [5.74, 6) is 2.35. The van der Waals surface area contributed by atoms with Gasteiger partial charge in [0.2, 0.25) is 0 Å². The molecule has 1 fully saturated rings. The van der Waals surface area contributed by atoms with Crippen molar-refractivity contribution < 1.29 is 4.74 Å². The fourth-order valence-electron chi connectivity index (χ4n) is 3.93. The van der Waals surface area contributed by atoms with Crippen LogP contribution in [0.2, 0.25) is 0 Å². The van der Waals surface area contributed by atoms with Gasteiger partial charge in [-0.25, -0.2) is 14.5 Å². The van der Waals surface area contributed by atoms with E-state index in [1.807, 2.05) is 30.6 Å². The van der Waals surface area contributed by atoms with E-state index in [1.165, 1.54) is 0 Å². The van der Waals surface area contributed by atoms with Gasteiger partial charge in [-0.2, -0.15) is 5.10 Å². The van der Waals surface area contributed by atoms with Crippen molar-refractivity contribution in [3.8, 4) is 5.75 Å². The second kappa shape index (κ2) is 5.52. The lowest BCUT2D eigenvalue weighted by molar-refractivity contribution is 0.416. The zero-order chi connectivity index (χ0) is 18.9. The summed E-state index contributed by atoms with van der Waals surface area (Å²) in [6, 6.07) is 2.03. The summed E-state index contributed by atoms with van der Waals surface area (Å²) in [5.41, 5.74) is 7.06. The molecular formula is C20H22N6O. The lowest BCUT2D eigenvalue weighted by atomic mass is 10.2. The average molecular weight is 362 g/mol. The molecule has 7 nitrogen and oxygen atoms in total.